The fraction of sp³-hybridized carbons (Fsp3) is 0.333. The van der Waals surface area contributed by atoms with Gasteiger partial charge in [-0.05, 0) is 5.56 Å². The summed E-state index contributed by atoms with van der Waals surface area (Å²) in [6, 6.07) is 9.16. The number of nitrogens with zero attached hydrogens (tertiary/aromatic N) is 4. The molecule has 152 valence electrons. The van der Waals surface area contributed by atoms with Crippen molar-refractivity contribution in [1.82, 2.24) is 19.5 Å². The molecular formula is C18H18FN5O5. The first-order valence-electron chi connectivity index (χ1n) is 8.82. The van der Waals surface area contributed by atoms with E-state index >= 15 is 0 Å². The number of hydrogen-bond donors (Lipinski definition) is 3. The summed E-state index contributed by atoms with van der Waals surface area (Å²) in [5, 5.41) is 21.5. The summed E-state index contributed by atoms with van der Waals surface area (Å²) in [5.74, 6) is 0.0828. The predicted molar refractivity (Wildman–Crippen MR) is 97.5 cm³/mol. The highest BCUT2D eigenvalue weighted by Gasteiger charge is 2.45. The number of benzene rings is 1. The van der Waals surface area contributed by atoms with Crippen LogP contribution in [0.1, 0.15) is 11.8 Å². The minimum absolute atomic E-state index is 0.0786. The summed E-state index contributed by atoms with van der Waals surface area (Å²) in [5.41, 5.74) is 1.21. The van der Waals surface area contributed by atoms with Gasteiger partial charge in [0.25, 0.3) is 0 Å². The molecule has 1 amide bonds. The number of rotatable bonds is 5. The van der Waals surface area contributed by atoms with Crippen LogP contribution in [0, 0.1) is 0 Å². The summed E-state index contributed by atoms with van der Waals surface area (Å²) in [4.78, 5) is 24.3. The second-order valence-electron chi connectivity index (χ2n) is 6.42. The number of aromatic nitrogens is 4. The minimum Gasteiger partial charge on any atom is -0.444 e. The number of hydrogen-bond acceptors (Lipinski definition) is 8. The molecule has 11 heteroatoms. The molecule has 10 nitrogen and oxygen atoms in total. The van der Waals surface area contributed by atoms with Gasteiger partial charge < -0.3 is 19.7 Å². The molecule has 0 aliphatic carbocycles. The Balaban J connectivity index is 1.51. The summed E-state index contributed by atoms with van der Waals surface area (Å²) >= 11 is 0. The quantitative estimate of drug-likeness (QED) is 0.578. The van der Waals surface area contributed by atoms with Gasteiger partial charge in [0.1, 0.15) is 25.1 Å². The molecule has 0 unspecified atom stereocenters. The first kappa shape index (κ1) is 19.2. The van der Waals surface area contributed by atoms with E-state index in [0.717, 1.165) is 5.56 Å². The number of imidazole rings is 1. The van der Waals surface area contributed by atoms with Gasteiger partial charge in [-0.1, -0.05) is 30.3 Å². The fourth-order valence-corrected chi connectivity index (χ4v) is 3.06. The number of anilines is 1. The second-order valence-corrected chi connectivity index (χ2v) is 6.42. The zero-order chi connectivity index (χ0) is 20.4. The Morgan fingerprint density at radius 2 is 2.07 bits per heavy atom. The topological polar surface area (TPSA) is 132 Å². The third kappa shape index (κ3) is 3.75. The number of fused-ring (bicyclic) bond motifs is 1. The average molecular weight is 403 g/mol. The molecule has 1 aliphatic rings. The molecule has 29 heavy (non-hydrogen) atoms. The molecule has 0 radical (unpaired) electrons. The van der Waals surface area contributed by atoms with E-state index in [1.165, 1.54) is 17.2 Å². The smallest absolute Gasteiger partial charge is 0.413 e. The van der Waals surface area contributed by atoms with Crippen molar-refractivity contribution in [3.8, 4) is 0 Å². The summed E-state index contributed by atoms with van der Waals surface area (Å²) < 4.78 is 26.2. The molecule has 4 atom stereocenters. The van der Waals surface area contributed by atoms with Crippen LogP contribution >= 0.6 is 0 Å². The molecule has 1 fully saturated rings. The van der Waals surface area contributed by atoms with E-state index in [1.54, 1.807) is 0 Å². The van der Waals surface area contributed by atoms with Crippen LogP contribution in [0.5, 0.6) is 0 Å². The molecule has 0 saturated carbocycles. The maximum atomic E-state index is 14.4. The third-order valence-corrected chi connectivity index (χ3v) is 4.54. The number of aliphatic hydroxyl groups excluding tert-OH is 2. The number of ether oxygens (including phenoxy) is 2. The van der Waals surface area contributed by atoms with Crippen LogP contribution in [0.15, 0.2) is 43.0 Å². The van der Waals surface area contributed by atoms with E-state index in [-0.39, 0.29) is 23.6 Å². The Labute approximate surface area is 163 Å². The van der Waals surface area contributed by atoms with Gasteiger partial charge in [0.05, 0.1) is 12.9 Å². The minimum atomic E-state index is -1.79. The van der Waals surface area contributed by atoms with Gasteiger partial charge in [-0.25, -0.2) is 24.1 Å². The van der Waals surface area contributed by atoms with Gasteiger partial charge in [-0.2, -0.15) is 0 Å². The molecule has 1 saturated heterocycles. The van der Waals surface area contributed by atoms with Crippen molar-refractivity contribution in [2.24, 2.45) is 0 Å². The first-order chi connectivity index (χ1) is 14.1. The molecule has 3 aromatic rings. The monoisotopic (exact) mass is 403 g/mol. The lowest BCUT2D eigenvalue weighted by Crippen LogP contribution is -2.30. The van der Waals surface area contributed by atoms with Gasteiger partial charge >= 0.3 is 6.09 Å². The van der Waals surface area contributed by atoms with Crippen molar-refractivity contribution in [1.29, 1.82) is 0 Å². The molecule has 4 rings (SSSR count). The number of amides is 1. The van der Waals surface area contributed by atoms with Gasteiger partial charge in [-0.3, -0.25) is 9.88 Å². The summed E-state index contributed by atoms with van der Waals surface area (Å²) in [6.45, 7) is -0.449. The lowest BCUT2D eigenvalue weighted by Gasteiger charge is -2.15. The van der Waals surface area contributed by atoms with E-state index in [1.807, 2.05) is 30.3 Å². The van der Waals surface area contributed by atoms with Gasteiger partial charge in [0.15, 0.2) is 29.4 Å². The van der Waals surface area contributed by atoms with Crippen molar-refractivity contribution in [3.63, 3.8) is 0 Å². The SMILES string of the molecule is O=C(Nc1ncnc2c1ncn2[C@@H]1O[C@H](CO)[C@@H](O)[C@H]1F)OCc1ccccc1. The second kappa shape index (κ2) is 8.07. The lowest BCUT2D eigenvalue weighted by atomic mass is 10.1. The standard InChI is InChI=1S/C18H18FN5O5/c19-12-14(26)11(6-25)29-17(12)24-9-22-13-15(20-8-21-16(13)24)23-18(27)28-7-10-4-2-1-3-5-10/h1-5,8-9,11-12,14,17,25-26H,6-7H2,(H,20,21,23,27)/t11-,12-,14-,17-/m1/s1. The van der Waals surface area contributed by atoms with E-state index in [0.29, 0.717) is 0 Å². The average Bonchev–Trinajstić information content (AvgIpc) is 3.29. The van der Waals surface area contributed by atoms with Crippen molar-refractivity contribution < 1.29 is 28.9 Å². The third-order valence-electron chi connectivity index (χ3n) is 4.54. The van der Waals surface area contributed by atoms with Gasteiger partial charge in [-0.15, -0.1) is 0 Å². The van der Waals surface area contributed by atoms with E-state index in [2.05, 4.69) is 20.3 Å². The van der Waals surface area contributed by atoms with Crippen molar-refractivity contribution in [3.05, 3.63) is 48.5 Å². The molecule has 3 heterocycles. The molecule has 1 aliphatic heterocycles. The van der Waals surface area contributed by atoms with Gasteiger partial charge in [0.2, 0.25) is 0 Å². The summed E-state index contributed by atoms with van der Waals surface area (Å²) in [6.07, 6.45) is -3.83. The zero-order valence-corrected chi connectivity index (χ0v) is 15.1. The van der Waals surface area contributed by atoms with Crippen LogP contribution in [0.2, 0.25) is 0 Å². The molecular weight excluding hydrogens is 385 g/mol. The normalized spacial score (nSPS) is 24.0. The van der Waals surface area contributed by atoms with Crippen LogP contribution < -0.4 is 5.32 Å². The Kier molecular flexibility index (Phi) is 5.34. The molecule has 2 aromatic heterocycles. The molecule has 0 bridgehead atoms. The number of halogens is 1. The molecule has 3 N–H and O–H groups in total. The zero-order valence-electron chi connectivity index (χ0n) is 15.1. The maximum Gasteiger partial charge on any atom is 0.413 e. The number of aliphatic hydroxyl groups is 2. The number of carbonyl (C=O) groups excluding carboxylic acids is 1. The number of alkyl halides is 1. The number of nitrogens with one attached hydrogen (secondary N) is 1. The Morgan fingerprint density at radius 1 is 1.28 bits per heavy atom. The maximum absolute atomic E-state index is 14.4. The highest BCUT2D eigenvalue weighted by molar-refractivity contribution is 5.93. The van der Waals surface area contributed by atoms with Crippen molar-refractivity contribution >= 4 is 23.1 Å². The Hall–Kier alpha value is -3.15. The van der Waals surface area contributed by atoms with E-state index in [4.69, 9.17) is 9.47 Å². The highest BCUT2D eigenvalue weighted by Crippen LogP contribution is 2.34. The van der Waals surface area contributed by atoms with Crippen LogP contribution in [-0.4, -0.2) is 60.8 Å². The number of carbonyl (C=O) groups is 1. The molecule has 1 aromatic carbocycles. The lowest BCUT2D eigenvalue weighted by molar-refractivity contribution is -0.0459. The van der Waals surface area contributed by atoms with Crippen molar-refractivity contribution in [2.75, 3.05) is 11.9 Å². The Morgan fingerprint density at radius 3 is 2.79 bits per heavy atom. The van der Waals surface area contributed by atoms with Crippen LogP contribution in [-0.2, 0) is 16.1 Å². The van der Waals surface area contributed by atoms with Crippen LogP contribution in [0.3, 0.4) is 0 Å². The van der Waals surface area contributed by atoms with E-state index < -0.39 is 37.3 Å². The first-order valence-corrected chi connectivity index (χ1v) is 8.82. The van der Waals surface area contributed by atoms with Gasteiger partial charge in [0, 0.05) is 0 Å². The largest absolute Gasteiger partial charge is 0.444 e. The van der Waals surface area contributed by atoms with Crippen molar-refractivity contribution in [2.45, 2.75) is 31.2 Å². The Bertz CT molecular complexity index is 1000. The van der Waals surface area contributed by atoms with E-state index in [9.17, 15) is 19.4 Å². The summed E-state index contributed by atoms with van der Waals surface area (Å²) in [7, 11) is 0. The predicted octanol–water partition coefficient (Wildman–Crippen LogP) is 1.16. The highest BCUT2D eigenvalue weighted by atomic mass is 19.1. The van der Waals surface area contributed by atoms with Crippen LogP contribution in [0.25, 0.3) is 11.2 Å². The molecule has 0 spiro atoms. The fourth-order valence-electron chi connectivity index (χ4n) is 3.06. The van der Waals surface area contributed by atoms with Crippen LogP contribution in [0.4, 0.5) is 15.0 Å².